The van der Waals surface area contributed by atoms with E-state index in [-0.39, 0.29) is 6.04 Å². The molecule has 1 aliphatic heterocycles. The molecule has 0 spiro atoms. The van der Waals surface area contributed by atoms with Gasteiger partial charge in [0.25, 0.3) is 0 Å². The van der Waals surface area contributed by atoms with Gasteiger partial charge in [0.1, 0.15) is 6.04 Å². The van der Waals surface area contributed by atoms with E-state index in [1.807, 2.05) is 31.2 Å². The van der Waals surface area contributed by atoms with Crippen LogP contribution in [0, 0.1) is 0 Å². The molecule has 1 saturated heterocycles. The van der Waals surface area contributed by atoms with Gasteiger partial charge in [-0.1, -0.05) is 31.0 Å². The minimum Gasteiger partial charge on any atom is -0.480 e. The summed E-state index contributed by atoms with van der Waals surface area (Å²) < 4.78 is 0. The van der Waals surface area contributed by atoms with Crippen molar-refractivity contribution in [2.24, 2.45) is 0 Å². The highest BCUT2D eigenvalue weighted by atomic mass is 35.5. The molecule has 0 aromatic heterocycles. The first-order valence-corrected chi connectivity index (χ1v) is 7.47. The van der Waals surface area contributed by atoms with Crippen LogP contribution in [0.3, 0.4) is 0 Å². The van der Waals surface area contributed by atoms with Gasteiger partial charge in [-0.05, 0) is 24.6 Å². The van der Waals surface area contributed by atoms with Crippen LogP contribution in [0.25, 0.3) is 0 Å². The Kier molecular flexibility index (Phi) is 5.26. The van der Waals surface area contributed by atoms with Crippen molar-refractivity contribution >= 4 is 23.3 Å². The van der Waals surface area contributed by atoms with Crippen LogP contribution in [-0.4, -0.2) is 48.2 Å². The lowest BCUT2D eigenvalue weighted by Crippen LogP contribution is -2.52. The number of aliphatic carboxylic acids is 1. The molecule has 0 bridgehead atoms. The predicted molar refractivity (Wildman–Crippen MR) is 81.6 cm³/mol. The number of carboxylic acids is 1. The van der Waals surface area contributed by atoms with E-state index in [9.17, 15) is 9.90 Å². The maximum absolute atomic E-state index is 11.3. The molecule has 1 atom stereocenters. The van der Waals surface area contributed by atoms with Gasteiger partial charge in [0.05, 0.1) is 0 Å². The molecular formula is C15H21ClN2O2. The van der Waals surface area contributed by atoms with Gasteiger partial charge in [0.2, 0.25) is 0 Å². The van der Waals surface area contributed by atoms with Gasteiger partial charge in [-0.25, -0.2) is 0 Å². The van der Waals surface area contributed by atoms with Gasteiger partial charge in [-0.2, -0.15) is 0 Å². The second kappa shape index (κ2) is 6.95. The zero-order chi connectivity index (χ0) is 14.5. The largest absolute Gasteiger partial charge is 0.480 e. The molecule has 0 saturated carbocycles. The summed E-state index contributed by atoms with van der Waals surface area (Å²) in [7, 11) is 0. The highest BCUT2D eigenvalue weighted by Crippen LogP contribution is 2.21. The topological polar surface area (TPSA) is 43.8 Å². The summed E-state index contributed by atoms with van der Waals surface area (Å²) in [6.45, 7) is 5.27. The number of benzene rings is 1. The average molecular weight is 297 g/mol. The van der Waals surface area contributed by atoms with Crippen LogP contribution < -0.4 is 4.90 Å². The first-order chi connectivity index (χ1) is 9.61. The van der Waals surface area contributed by atoms with Gasteiger partial charge < -0.3 is 10.0 Å². The fraction of sp³-hybridized carbons (Fsp3) is 0.533. The molecule has 0 amide bonds. The lowest BCUT2D eigenvalue weighted by molar-refractivity contribution is -0.143. The zero-order valence-corrected chi connectivity index (χ0v) is 12.5. The lowest BCUT2D eigenvalue weighted by Gasteiger charge is -2.38. The van der Waals surface area contributed by atoms with E-state index < -0.39 is 5.97 Å². The summed E-state index contributed by atoms with van der Waals surface area (Å²) in [5.41, 5.74) is 1.11. The second-order valence-corrected chi connectivity index (χ2v) is 5.58. The molecule has 1 aromatic carbocycles. The van der Waals surface area contributed by atoms with E-state index >= 15 is 0 Å². The number of nitrogens with zero attached hydrogens (tertiary/aromatic N) is 2. The molecule has 2 rings (SSSR count). The van der Waals surface area contributed by atoms with Crippen LogP contribution >= 0.6 is 11.6 Å². The van der Waals surface area contributed by atoms with Crippen molar-refractivity contribution in [1.82, 2.24) is 4.90 Å². The summed E-state index contributed by atoms with van der Waals surface area (Å²) in [4.78, 5) is 15.6. The van der Waals surface area contributed by atoms with Crippen molar-refractivity contribution in [2.45, 2.75) is 25.8 Å². The van der Waals surface area contributed by atoms with Crippen LogP contribution in [0.1, 0.15) is 19.8 Å². The van der Waals surface area contributed by atoms with E-state index in [0.29, 0.717) is 6.42 Å². The highest BCUT2D eigenvalue weighted by molar-refractivity contribution is 6.30. The number of rotatable bonds is 5. The molecule has 0 radical (unpaired) electrons. The number of anilines is 1. The smallest absolute Gasteiger partial charge is 0.320 e. The average Bonchev–Trinajstić information content (AvgIpc) is 2.45. The van der Waals surface area contributed by atoms with Crippen molar-refractivity contribution in [1.29, 1.82) is 0 Å². The van der Waals surface area contributed by atoms with Crippen LogP contribution in [0.15, 0.2) is 24.3 Å². The Balaban J connectivity index is 1.96. The molecule has 0 aliphatic carbocycles. The maximum Gasteiger partial charge on any atom is 0.320 e. The number of halogens is 1. The minimum absolute atomic E-state index is 0.346. The van der Waals surface area contributed by atoms with Crippen molar-refractivity contribution in [2.75, 3.05) is 31.1 Å². The standard InChI is InChI=1S/C15H21ClN2O2/c1-2-4-14(15(19)20)18-9-7-17(8-10-18)13-6-3-5-12(16)11-13/h3,5-6,11,14H,2,4,7-10H2,1H3,(H,19,20). The lowest BCUT2D eigenvalue weighted by atomic mass is 10.1. The van der Waals surface area contributed by atoms with Crippen molar-refractivity contribution in [3.63, 3.8) is 0 Å². The van der Waals surface area contributed by atoms with Crippen LogP contribution in [0.2, 0.25) is 5.02 Å². The van der Waals surface area contributed by atoms with E-state index in [4.69, 9.17) is 11.6 Å². The van der Waals surface area contributed by atoms with Crippen LogP contribution in [0.4, 0.5) is 5.69 Å². The summed E-state index contributed by atoms with van der Waals surface area (Å²) in [6.07, 6.45) is 1.61. The Hall–Kier alpha value is -1.26. The number of hydrogen-bond acceptors (Lipinski definition) is 3. The Bertz CT molecular complexity index is 459. The van der Waals surface area contributed by atoms with Gasteiger partial charge >= 0.3 is 5.97 Å². The minimum atomic E-state index is -0.706. The second-order valence-electron chi connectivity index (χ2n) is 5.15. The molecule has 20 heavy (non-hydrogen) atoms. The van der Waals surface area contributed by atoms with Gasteiger partial charge in [0.15, 0.2) is 0 Å². The molecule has 1 aliphatic rings. The number of hydrogen-bond donors (Lipinski definition) is 1. The predicted octanol–water partition coefficient (Wildman–Crippen LogP) is 2.72. The van der Waals surface area contributed by atoms with Crippen LogP contribution in [-0.2, 0) is 4.79 Å². The quantitative estimate of drug-likeness (QED) is 0.907. The molecular weight excluding hydrogens is 276 g/mol. The third-order valence-electron chi connectivity index (χ3n) is 3.78. The van der Waals surface area contributed by atoms with E-state index in [1.54, 1.807) is 0 Å². The third-order valence-corrected chi connectivity index (χ3v) is 4.01. The molecule has 110 valence electrons. The van der Waals surface area contributed by atoms with Crippen molar-refractivity contribution in [3.05, 3.63) is 29.3 Å². The Morgan fingerprint density at radius 3 is 2.60 bits per heavy atom. The summed E-state index contributed by atoms with van der Waals surface area (Å²) >= 11 is 6.01. The fourth-order valence-electron chi connectivity index (χ4n) is 2.70. The SMILES string of the molecule is CCCC(C(=O)O)N1CCN(c2cccc(Cl)c2)CC1. The maximum atomic E-state index is 11.3. The van der Waals surface area contributed by atoms with E-state index in [2.05, 4.69) is 9.80 Å². The Morgan fingerprint density at radius 1 is 1.35 bits per heavy atom. The summed E-state index contributed by atoms with van der Waals surface area (Å²) in [5.74, 6) is -0.706. The molecule has 1 N–H and O–H groups in total. The van der Waals surface area contributed by atoms with Gasteiger partial charge in [0, 0.05) is 36.9 Å². The summed E-state index contributed by atoms with van der Waals surface area (Å²) in [5, 5.41) is 10.0. The van der Waals surface area contributed by atoms with Gasteiger partial charge in [-0.15, -0.1) is 0 Å². The third kappa shape index (κ3) is 3.64. The van der Waals surface area contributed by atoms with Crippen LogP contribution in [0.5, 0.6) is 0 Å². The first-order valence-electron chi connectivity index (χ1n) is 7.09. The molecule has 1 fully saturated rings. The molecule has 5 heteroatoms. The number of piperazine rings is 1. The first kappa shape index (κ1) is 15.1. The number of carbonyl (C=O) groups is 1. The molecule has 1 aromatic rings. The Labute approximate surface area is 124 Å². The monoisotopic (exact) mass is 296 g/mol. The molecule has 1 heterocycles. The van der Waals surface area contributed by atoms with Gasteiger partial charge in [-0.3, -0.25) is 9.69 Å². The van der Waals surface area contributed by atoms with Crippen molar-refractivity contribution in [3.8, 4) is 0 Å². The normalized spacial score (nSPS) is 18.0. The van der Waals surface area contributed by atoms with E-state index in [1.165, 1.54) is 0 Å². The molecule has 1 unspecified atom stereocenters. The number of carboxylic acid groups (broad SMARTS) is 1. The van der Waals surface area contributed by atoms with E-state index in [0.717, 1.165) is 43.3 Å². The van der Waals surface area contributed by atoms with Crippen molar-refractivity contribution < 1.29 is 9.90 Å². The zero-order valence-electron chi connectivity index (χ0n) is 11.8. The molecule has 4 nitrogen and oxygen atoms in total. The highest BCUT2D eigenvalue weighted by Gasteiger charge is 2.28. The summed E-state index contributed by atoms with van der Waals surface area (Å²) in [6, 6.07) is 7.46. The Morgan fingerprint density at radius 2 is 2.05 bits per heavy atom. The fourth-order valence-corrected chi connectivity index (χ4v) is 2.88.